The molecule has 2 fully saturated rings. The van der Waals surface area contributed by atoms with E-state index >= 15 is 0 Å². The van der Waals surface area contributed by atoms with Crippen molar-refractivity contribution in [1.82, 2.24) is 4.90 Å². The number of methoxy groups -OCH3 is 2. The van der Waals surface area contributed by atoms with Crippen molar-refractivity contribution in [2.45, 2.75) is 78.7 Å². The molecule has 6 atom stereocenters. The number of nitrogens with zero attached hydrogens (tertiary/aromatic N) is 1. The van der Waals surface area contributed by atoms with Crippen LogP contribution in [0.3, 0.4) is 0 Å². The lowest BCUT2D eigenvalue weighted by Gasteiger charge is -2.53. The second-order valence-electron chi connectivity index (χ2n) is 12.6. The summed E-state index contributed by atoms with van der Waals surface area (Å²) in [5.41, 5.74) is 4.44. The van der Waals surface area contributed by atoms with Gasteiger partial charge in [0.05, 0.1) is 20.8 Å². The highest BCUT2D eigenvalue weighted by atomic mass is 16.5. The molecule has 5 heteroatoms. The summed E-state index contributed by atoms with van der Waals surface area (Å²) in [4.78, 5) is 2.39. The van der Waals surface area contributed by atoms with Gasteiger partial charge in [-0.05, 0) is 128 Å². The Bertz CT molecular complexity index is 1120. The number of fused-ring (bicyclic) bond motifs is 5. The molecule has 5 rings (SSSR count). The quantitative estimate of drug-likeness (QED) is 0.343. The highest BCUT2D eigenvalue weighted by Gasteiger charge is 2.55. The van der Waals surface area contributed by atoms with Gasteiger partial charge in [-0.25, -0.2) is 0 Å². The summed E-state index contributed by atoms with van der Waals surface area (Å²) in [6, 6.07) is 10.3. The van der Waals surface area contributed by atoms with E-state index in [-0.39, 0.29) is 0 Å². The molecule has 0 heterocycles. The van der Waals surface area contributed by atoms with Gasteiger partial charge in [0.1, 0.15) is 5.75 Å². The minimum Gasteiger partial charge on any atom is -0.508 e. The zero-order valence-electron chi connectivity index (χ0n) is 25.0. The Balaban J connectivity index is 1.27. The second-order valence-corrected chi connectivity index (χ2v) is 12.6. The van der Waals surface area contributed by atoms with Crippen LogP contribution in [-0.2, 0) is 13.0 Å². The molecule has 0 aliphatic heterocycles. The molecule has 0 spiro atoms. The SMILES string of the molecule is CCN(CC)Cc1cc(OC)c(OCCC2CCC3C4C(CCC23C)c2ccc(O)cc2C[C@H]4C)c(OC)c1. The molecule has 0 saturated heterocycles. The maximum Gasteiger partial charge on any atom is 0.203 e. The fourth-order valence-electron chi connectivity index (χ4n) is 8.72. The second kappa shape index (κ2) is 11.6. The van der Waals surface area contributed by atoms with Crippen LogP contribution < -0.4 is 14.2 Å². The third kappa shape index (κ3) is 5.24. The topological polar surface area (TPSA) is 51.2 Å². The van der Waals surface area contributed by atoms with Gasteiger partial charge in [-0.1, -0.05) is 33.8 Å². The molecule has 0 amide bonds. The number of phenolic OH excluding ortho intramolecular Hbond substituents is 1. The summed E-state index contributed by atoms with van der Waals surface area (Å²) in [6.45, 7) is 13.0. The molecule has 0 radical (unpaired) electrons. The van der Waals surface area contributed by atoms with E-state index in [9.17, 15) is 5.11 Å². The van der Waals surface area contributed by atoms with Gasteiger partial charge in [0, 0.05) is 6.54 Å². The van der Waals surface area contributed by atoms with Crippen LogP contribution in [0, 0.1) is 29.1 Å². The number of phenols is 1. The Hall–Kier alpha value is -2.40. The van der Waals surface area contributed by atoms with Gasteiger partial charge in [-0.15, -0.1) is 0 Å². The van der Waals surface area contributed by atoms with Crippen LogP contribution in [0.4, 0.5) is 0 Å². The van der Waals surface area contributed by atoms with Crippen LogP contribution in [0.25, 0.3) is 0 Å². The van der Waals surface area contributed by atoms with E-state index < -0.39 is 0 Å². The Kier molecular flexibility index (Phi) is 8.37. The molecule has 1 N–H and O–H groups in total. The van der Waals surface area contributed by atoms with E-state index in [1.807, 2.05) is 12.1 Å². The van der Waals surface area contributed by atoms with Gasteiger partial charge < -0.3 is 19.3 Å². The first-order chi connectivity index (χ1) is 18.8. The van der Waals surface area contributed by atoms with Crippen molar-refractivity contribution >= 4 is 0 Å². The fraction of sp³-hybridized carbons (Fsp3) is 0.647. The van der Waals surface area contributed by atoms with Crippen molar-refractivity contribution in [3.63, 3.8) is 0 Å². The van der Waals surface area contributed by atoms with Crippen molar-refractivity contribution in [2.24, 2.45) is 29.1 Å². The van der Waals surface area contributed by atoms with E-state index in [1.54, 1.807) is 14.2 Å². The van der Waals surface area contributed by atoms with Gasteiger partial charge >= 0.3 is 0 Å². The predicted octanol–water partition coefficient (Wildman–Crippen LogP) is 7.44. The minimum absolute atomic E-state index is 0.370. The van der Waals surface area contributed by atoms with Crippen molar-refractivity contribution in [3.05, 3.63) is 47.0 Å². The standard InChI is InChI=1S/C34H49NO4/c1-7-35(8-2)21-23-18-30(37-5)33(31(19-23)38-6)39-16-14-25-9-12-29-32-22(3)17-24-20-26(36)10-11-27(24)28(32)13-15-34(25,29)4/h10-11,18-20,22,25,28-29,32,36H,7-9,12-17,21H2,1-6H3/t22-,25?,28?,29?,32?,34?/m1/s1. The van der Waals surface area contributed by atoms with Crippen LogP contribution >= 0.6 is 0 Å². The van der Waals surface area contributed by atoms with Crippen molar-refractivity contribution in [2.75, 3.05) is 33.9 Å². The highest BCUT2D eigenvalue weighted by molar-refractivity contribution is 5.54. The Morgan fingerprint density at radius 3 is 2.38 bits per heavy atom. The van der Waals surface area contributed by atoms with Gasteiger partial charge in [0.25, 0.3) is 0 Å². The zero-order chi connectivity index (χ0) is 27.7. The number of aromatic hydroxyl groups is 1. The third-order valence-electron chi connectivity index (χ3n) is 10.8. The van der Waals surface area contributed by atoms with Gasteiger partial charge in [0.2, 0.25) is 5.75 Å². The molecule has 5 unspecified atom stereocenters. The van der Waals surface area contributed by atoms with Crippen LogP contribution in [0.2, 0.25) is 0 Å². The monoisotopic (exact) mass is 535 g/mol. The van der Waals surface area contributed by atoms with Gasteiger partial charge in [-0.2, -0.15) is 0 Å². The lowest BCUT2D eigenvalue weighted by Crippen LogP contribution is -2.45. The van der Waals surface area contributed by atoms with Crippen molar-refractivity contribution in [3.8, 4) is 23.0 Å². The summed E-state index contributed by atoms with van der Waals surface area (Å²) in [7, 11) is 3.43. The summed E-state index contributed by atoms with van der Waals surface area (Å²) >= 11 is 0. The molecule has 3 aliphatic rings. The number of hydrogen-bond acceptors (Lipinski definition) is 5. The van der Waals surface area contributed by atoms with Crippen molar-refractivity contribution in [1.29, 1.82) is 0 Å². The van der Waals surface area contributed by atoms with E-state index in [4.69, 9.17) is 14.2 Å². The van der Waals surface area contributed by atoms with Crippen LogP contribution in [0.5, 0.6) is 23.0 Å². The lowest BCUT2D eigenvalue weighted by molar-refractivity contribution is 0.000801. The van der Waals surface area contributed by atoms with Crippen molar-refractivity contribution < 1.29 is 19.3 Å². The first kappa shape index (κ1) is 28.1. The molecule has 39 heavy (non-hydrogen) atoms. The van der Waals surface area contributed by atoms with Crippen LogP contribution in [0.15, 0.2) is 30.3 Å². The molecule has 2 aromatic carbocycles. The summed E-state index contributed by atoms with van der Waals surface area (Å²) in [5.74, 6) is 6.14. The first-order valence-electron chi connectivity index (χ1n) is 15.2. The predicted molar refractivity (Wildman–Crippen MR) is 157 cm³/mol. The lowest BCUT2D eigenvalue weighted by atomic mass is 9.51. The van der Waals surface area contributed by atoms with E-state index in [0.717, 1.165) is 61.6 Å². The summed E-state index contributed by atoms with van der Waals surface area (Å²) in [5, 5.41) is 10.1. The molecule has 3 aliphatic carbocycles. The van der Waals surface area contributed by atoms with Gasteiger partial charge in [0.15, 0.2) is 11.5 Å². The molecule has 214 valence electrons. The number of ether oxygens (including phenoxy) is 3. The van der Waals surface area contributed by atoms with Crippen LogP contribution in [-0.4, -0.2) is 43.9 Å². The van der Waals surface area contributed by atoms with Gasteiger partial charge in [-0.3, -0.25) is 4.90 Å². The molecule has 2 saturated carbocycles. The first-order valence-corrected chi connectivity index (χ1v) is 15.2. The third-order valence-corrected chi connectivity index (χ3v) is 10.8. The largest absolute Gasteiger partial charge is 0.508 e. The zero-order valence-corrected chi connectivity index (χ0v) is 25.0. The maximum atomic E-state index is 10.1. The average Bonchev–Trinajstić information content (AvgIpc) is 3.27. The molecule has 5 nitrogen and oxygen atoms in total. The maximum absolute atomic E-state index is 10.1. The normalized spacial score (nSPS) is 29.5. The minimum atomic E-state index is 0.370. The summed E-state index contributed by atoms with van der Waals surface area (Å²) in [6.07, 6.45) is 7.31. The Labute approximate surface area is 235 Å². The Morgan fingerprint density at radius 2 is 1.72 bits per heavy atom. The molecule has 2 aromatic rings. The molecular formula is C34H49NO4. The average molecular weight is 536 g/mol. The number of benzene rings is 2. The van der Waals surface area contributed by atoms with E-state index in [1.165, 1.54) is 42.4 Å². The summed E-state index contributed by atoms with van der Waals surface area (Å²) < 4.78 is 18.0. The van der Waals surface area contributed by atoms with Crippen LogP contribution in [0.1, 0.15) is 82.4 Å². The molecular weight excluding hydrogens is 486 g/mol. The molecule has 0 aromatic heterocycles. The smallest absolute Gasteiger partial charge is 0.203 e. The van der Waals surface area contributed by atoms with E-state index in [0.29, 0.717) is 35.5 Å². The van der Waals surface area contributed by atoms with E-state index in [2.05, 4.69) is 50.8 Å². The number of hydrogen-bond donors (Lipinski definition) is 1. The Morgan fingerprint density at radius 1 is 1.00 bits per heavy atom. The number of rotatable bonds is 10. The molecule has 0 bridgehead atoms. The fourth-order valence-corrected chi connectivity index (χ4v) is 8.72. The highest BCUT2D eigenvalue weighted by Crippen LogP contribution is 2.64.